The summed E-state index contributed by atoms with van der Waals surface area (Å²) in [7, 11) is 1.57. The van der Waals surface area contributed by atoms with Crippen LogP contribution in [0, 0.1) is 11.6 Å². The maximum atomic E-state index is 14.6. The molecule has 0 radical (unpaired) electrons. The van der Waals surface area contributed by atoms with Crippen LogP contribution in [-0.2, 0) is 4.79 Å². The summed E-state index contributed by atoms with van der Waals surface area (Å²) in [6.07, 6.45) is 6.65. The van der Waals surface area contributed by atoms with E-state index in [4.69, 9.17) is 4.74 Å². The lowest BCUT2D eigenvalue weighted by Crippen LogP contribution is -2.53. The van der Waals surface area contributed by atoms with Gasteiger partial charge in [0.15, 0.2) is 11.6 Å². The first-order valence-electron chi connectivity index (χ1n) is 16.2. The Labute approximate surface area is 280 Å². The zero-order valence-electron chi connectivity index (χ0n) is 27.3. The van der Waals surface area contributed by atoms with Crippen LogP contribution >= 0.6 is 0 Å². The average Bonchev–Trinajstić information content (AvgIpc) is 3.10. The molecule has 1 amide bonds. The molecule has 2 aliphatic heterocycles. The second kappa shape index (κ2) is 16.5. The Hall–Kier alpha value is -4.59. The van der Waals surface area contributed by atoms with Gasteiger partial charge in [-0.05, 0) is 37.5 Å². The number of carbonyl (C=O) groups is 1. The van der Waals surface area contributed by atoms with Crippen LogP contribution in [0.2, 0.25) is 0 Å². The fraction of sp³-hybridized carbons (Fsp3) is 0.400. The standard InChI is InChI=1S/C35H44F2N8O3/c1-4-12-43-15-17-44(18-16-43)24-9-13-45(14-10-24)30-21-31(48-3)29(20-28(30)42-34(47)5-2)41-33-22-32(38-23-39-33)40-27(11-19-46)25-7-6-8-26(36)35(25)37/h4-8,20-24,27,46H,1-2,9-19H2,3H3,(H,42,47)(H2,38,39,40,41)/t27-/m1/s1. The molecule has 0 bridgehead atoms. The zero-order chi connectivity index (χ0) is 34.0. The lowest BCUT2D eigenvalue weighted by Gasteiger charge is -2.43. The fourth-order valence-corrected chi connectivity index (χ4v) is 6.39. The number of carbonyl (C=O) groups excluding carboxylic acids is 1. The van der Waals surface area contributed by atoms with Crippen LogP contribution < -0.4 is 25.6 Å². The van der Waals surface area contributed by atoms with E-state index in [0.29, 0.717) is 34.8 Å². The number of piperazine rings is 1. The third-order valence-electron chi connectivity index (χ3n) is 8.90. The first-order valence-corrected chi connectivity index (χ1v) is 16.2. The van der Waals surface area contributed by atoms with Gasteiger partial charge in [0.2, 0.25) is 5.91 Å². The summed E-state index contributed by atoms with van der Waals surface area (Å²) in [5, 5.41) is 18.9. The van der Waals surface area contributed by atoms with Crippen LogP contribution in [0.25, 0.3) is 0 Å². The van der Waals surface area contributed by atoms with Crippen LogP contribution in [0.4, 0.5) is 37.5 Å². The summed E-state index contributed by atoms with van der Waals surface area (Å²) >= 11 is 0. The number of hydrogen-bond acceptors (Lipinski definition) is 10. The normalized spacial score (nSPS) is 16.6. The van der Waals surface area contributed by atoms with E-state index in [-0.39, 0.29) is 24.5 Å². The van der Waals surface area contributed by atoms with Gasteiger partial charge in [-0.3, -0.25) is 14.6 Å². The third kappa shape index (κ3) is 8.46. The van der Waals surface area contributed by atoms with Gasteiger partial charge in [0.25, 0.3) is 0 Å². The van der Waals surface area contributed by atoms with Crippen LogP contribution in [0.15, 0.2) is 68.0 Å². The summed E-state index contributed by atoms with van der Waals surface area (Å²) in [6, 6.07) is 9.00. The Balaban J connectivity index is 1.33. The summed E-state index contributed by atoms with van der Waals surface area (Å²) in [4.78, 5) is 28.4. The zero-order valence-corrected chi connectivity index (χ0v) is 27.3. The quantitative estimate of drug-likeness (QED) is 0.140. The Bertz CT molecular complexity index is 1580. The summed E-state index contributed by atoms with van der Waals surface area (Å²) in [5.74, 6) is -1.05. The van der Waals surface area contributed by atoms with Crippen molar-refractivity contribution in [1.29, 1.82) is 0 Å². The van der Waals surface area contributed by atoms with Crippen molar-refractivity contribution in [1.82, 2.24) is 19.8 Å². The van der Waals surface area contributed by atoms with Crippen LogP contribution in [0.3, 0.4) is 0 Å². The monoisotopic (exact) mass is 662 g/mol. The minimum absolute atomic E-state index is 0.0761. The first-order chi connectivity index (χ1) is 23.3. The van der Waals surface area contributed by atoms with E-state index < -0.39 is 17.7 Å². The van der Waals surface area contributed by atoms with Gasteiger partial charge in [-0.15, -0.1) is 6.58 Å². The van der Waals surface area contributed by atoms with Gasteiger partial charge < -0.3 is 30.7 Å². The van der Waals surface area contributed by atoms with Crippen molar-refractivity contribution in [2.45, 2.75) is 31.3 Å². The van der Waals surface area contributed by atoms with Gasteiger partial charge >= 0.3 is 0 Å². The number of hydrogen-bond donors (Lipinski definition) is 4. The smallest absolute Gasteiger partial charge is 0.247 e. The number of nitrogens with zero attached hydrogens (tertiary/aromatic N) is 5. The molecule has 3 aromatic rings. The van der Waals surface area contributed by atoms with Gasteiger partial charge in [-0.1, -0.05) is 24.8 Å². The van der Waals surface area contributed by atoms with E-state index in [1.807, 2.05) is 12.1 Å². The molecule has 3 heterocycles. The Morgan fingerprint density at radius 2 is 1.81 bits per heavy atom. The molecular weight excluding hydrogens is 618 g/mol. The van der Waals surface area contributed by atoms with Crippen LogP contribution in [0.5, 0.6) is 5.75 Å². The molecule has 2 aliphatic rings. The minimum Gasteiger partial charge on any atom is -0.494 e. The number of rotatable bonds is 14. The molecule has 2 fully saturated rings. The highest BCUT2D eigenvalue weighted by Gasteiger charge is 2.29. The lowest BCUT2D eigenvalue weighted by molar-refractivity contribution is -0.111. The van der Waals surface area contributed by atoms with E-state index >= 15 is 0 Å². The fourth-order valence-electron chi connectivity index (χ4n) is 6.39. The third-order valence-corrected chi connectivity index (χ3v) is 8.90. The molecule has 0 saturated carbocycles. The van der Waals surface area contributed by atoms with E-state index in [1.54, 1.807) is 19.2 Å². The van der Waals surface area contributed by atoms with Crippen molar-refractivity contribution in [3.05, 3.63) is 85.2 Å². The van der Waals surface area contributed by atoms with Crippen molar-refractivity contribution in [3.63, 3.8) is 0 Å². The molecule has 1 aromatic heterocycles. The summed E-state index contributed by atoms with van der Waals surface area (Å²) < 4.78 is 34.3. The number of amides is 1. The average molecular weight is 663 g/mol. The number of anilines is 5. The molecule has 0 unspecified atom stereocenters. The largest absolute Gasteiger partial charge is 0.494 e. The predicted molar refractivity (Wildman–Crippen MR) is 185 cm³/mol. The number of methoxy groups -OCH3 is 1. The number of benzene rings is 2. The molecule has 5 rings (SSSR count). The lowest BCUT2D eigenvalue weighted by atomic mass is 10.0. The maximum Gasteiger partial charge on any atom is 0.247 e. The van der Waals surface area contributed by atoms with Gasteiger partial charge in [-0.2, -0.15) is 0 Å². The first kappa shape index (κ1) is 34.7. The molecule has 11 nitrogen and oxygen atoms in total. The maximum absolute atomic E-state index is 14.6. The molecule has 256 valence electrons. The molecule has 2 saturated heterocycles. The number of piperidine rings is 1. The van der Waals surface area contributed by atoms with Crippen LogP contribution in [0.1, 0.15) is 30.9 Å². The molecular formula is C35H44F2N8O3. The Kier molecular flexibility index (Phi) is 11.9. The van der Waals surface area contributed by atoms with Crippen molar-refractivity contribution in [2.24, 2.45) is 0 Å². The Morgan fingerprint density at radius 3 is 2.50 bits per heavy atom. The number of nitrogens with one attached hydrogen (secondary N) is 3. The topological polar surface area (TPSA) is 118 Å². The molecule has 4 N–H and O–H groups in total. The van der Waals surface area contributed by atoms with Gasteiger partial charge in [0.05, 0.1) is 30.2 Å². The number of aliphatic hydroxyl groups is 1. The van der Waals surface area contributed by atoms with Crippen molar-refractivity contribution in [3.8, 4) is 5.75 Å². The van der Waals surface area contributed by atoms with Gasteiger partial charge in [0.1, 0.15) is 23.7 Å². The number of aromatic nitrogens is 2. The highest BCUT2D eigenvalue weighted by atomic mass is 19.2. The minimum atomic E-state index is -0.985. The second-order valence-corrected chi connectivity index (χ2v) is 11.9. The second-order valence-electron chi connectivity index (χ2n) is 11.9. The molecule has 0 aliphatic carbocycles. The van der Waals surface area contributed by atoms with Crippen molar-refractivity contribution in [2.75, 3.05) is 80.4 Å². The number of aliphatic hydroxyl groups excluding tert-OH is 1. The van der Waals surface area contributed by atoms with E-state index in [2.05, 4.69) is 53.8 Å². The van der Waals surface area contributed by atoms with Gasteiger partial charge in [0, 0.05) is 76.2 Å². The van der Waals surface area contributed by atoms with Crippen LogP contribution in [-0.4, -0.2) is 96.4 Å². The SMILES string of the molecule is C=CCN1CCN(C2CCN(c3cc(OC)c(Nc4cc(N[C@H](CCO)c5cccc(F)c5F)ncn4)cc3NC(=O)C=C)CC2)CC1. The van der Waals surface area contributed by atoms with Gasteiger partial charge in [-0.25, -0.2) is 18.7 Å². The molecule has 2 aromatic carbocycles. The predicted octanol–water partition coefficient (Wildman–Crippen LogP) is 4.94. The molecule has 0 spiro atoms. The molecule has 1 atom stereocenters. The summed E-state index contributed by atoms with van der Waals surface area (Å²) in [5.41, 5.74) is 2.06. The highest BCUT2D eigenvalue weighted by molar-refractivity contribution is 6.02. The number of ether oxygens (including phenoxy) is 1. The van der Waals surface area contributed by atoms with E-state index in [0.717, 1.165) is 70.4 Å². The highest BCUT2D eigenvalue weighted by Crippen LogP contribution is 2.40. The Morgan fingerprint density at radius 1 is 1.06 bits per heavy atom. The molecule has 13 heteroatoms. The van der Waals surface area contributed by atoms with E-state index in [1.165, 1.54) is 24.5 Å². The summed E-state index contributed by atoms with van der Waals surface area (Å²) in [6.45, 7) is 14.0. The van der Waals surface area contributed by atoms with E-state index in [9.17, 15) is 18.7 Å². The number of halogens is 2. The van der Waals surface area contributed by atoms with Crippen molar-refractivity contribution >= 4 is 34.6 Å². The molecule has 48 heavy (non-hydrogen) atoms. The van der Waals surface area contributed by atoms with Crippen molar-refractivity contribution < 1.29 is 23.4 Å².